The fourth-order valence-electron chi connectivity index (χ4n) is 20.2. The lowest BCUT2D eigenvalue weighted by Gasteiger charge is -2.18. The number of fused-ring (bicyclic) bond motifs is 28. The molecule has 0 amide bonds. The summed E-state index contributed by atoms with van der Waals surface area (Å²) in [5.41, 5.74) is 26.3. The fourth-order valence-corrected chi connectivity index (χ4v) is 20.2. The van der Waals surface area contributed by atoms with Crippen LogP contribution in [0.5, 0.6) is 0 Å². The summed E-state index contributed by atoms with van der Waals surface area (Å²) < 4.78 is 20.1. The first-order valence-electron chi connectivity index (χ1n) is 44.2. The summed E-state index contributed by atoms with van der Waals surface area (Å²) in [6, 6.07) is 145. The Hall–Kier alpha value is -16.2. The van der Waals surface area contributed by atoms with Crippen molar-refractivity contribution in [3.05, 3.63) is 418 Å². The molecule has 128 heavy (non-hydrogen) atoms. The molecule has 0 aliphatic heterocycles. The smallest absolute Gasteiger partial charge is 0.143 e. The minimum atomic E-state index is -0.00921. The molecule has 6 heterocycles. The van der Waals surface area contributed by atoms with Crippen LogP contribution < -0.4 is 0 Å². The molecule has 26 aromatic rings. The Morgan fingerprint density at radius 3 is 0.828 bits per heavy atom. The van der Waals surface area contributed by atoms with Gasteiger partial charge in [-0.3, -0.25) is 0 Å². The molecule has 20 aromatic carbocycles. The summed E-state index contributed by atoms with van der Waals surface area (Å²) >= 11 is 0. The maximum Gasteiger partial charge on any atom is 0.143 e. The van der Waals surface area contributed by atoms with Gasteiger partial charge in [-0.1, -0.05) is 386 Å². The van der Waals surface area contributed by atoms with Crippen LogP contribution in [0.4, 0.5) is 0 Å². The number of rotatable bonds is 8. The van der Waals surface area contributed by atoms with Gasteiger partial charge in [0.2, 0.25) is 0 Å². The SMILES string of the molecule is CC(C)(C)c1cccc2c1oc1c(-c3cccc(-c4ccc5c6ccccc6c6ccccc6c5n4)c3)cccc12.CC(C)c1cccc2c1oc1c(-c3cccc(-c4ccc5c6ccccc6c6ccccc6c5n4)c3)cccc12.c1cc(-c2ccc3c4ccccc4c4ccccc4c3n2)cc(-c2cccc3c2oc2c(-c4cccc5ccccc45)cccc23)c1. The predicted octanol–water partition coefficient (Wildman–Crippen LogP) is 34.6. The van der Waals surface area contributed by atoms with E-state index in [1.54, 1.807) is 0 Å². The molecule has 0 fully saturated rings. The summed E-state index contributed by atoms with van der Waals surface area (Å²) in [5, 5.41) is 27.6. The highest BCUT2D eigenvalue weighted by Gasteiger charge is 2.25. The number of furan rings is 3. The van der Waals surface area contributed by atoms with Crippen molar-refractivity contribution in [3.8, 4) is 78.3 Å². The van der Waals surface area contributed by atoms with Gasteiger partial charge in [0.25, 0.3) is 0 Å². The lowest BCUT2D eigenvalue weighted by atomic mass is 9.86. The number of hydrogen-bond acceptors (Lipinski definition) is 6. The molecule has 0 saturated heterocycles. The van der Waals surface area contributed by atoms with Crippen molar-refractivity contribution >= 4 is 174 Å². The van der Waals surface area contributed by atoms with Crippen molar-refractivity contribution in [2.45, 2.75) is 46.0 Å². The van der Waals surface area contributed by atoms with Gasteiger partial charge < -0.3 is 13.3 Å². The van der Waals surface area contributed by atoms with E-state index in [1.165, 1.54) is 119 Å². The third-order valence-corrected chi connectivity index (χ3v) is 26.3. The van der Waals surface area contributed by atoms with Crippen molar-refractivity contribution in [1.29, 1.82) is 0 Å². The second-order valence-corrected chi connectivity index (χ2v) is 35.2. The largest absolute Gasteiger partial charge is 0.455 e. The third kappa shape index (κ3) is 12.6. The Bertz CT molecular complexity index is 8960. The van der Waals surface area contributed by atoms with Gasteiger partial charge in [0.05, 0.1) is 33.6 Å². The Morgan fingerprint density at radius 1 is 0.195 bits per heavy atom. The molecule has 0 bridgehead atoms. The number of benzene rings is 20. The molecule has 6 aromatic heterocycles. The molecule has 0 radical (unpaired) electrons. The first kappa shape index (κ1) is 75.6. The third-order valence-electron chi connectivity index (χ3n) is 26.3. The zero-order valence-electron chi connectivity index (χ0n) is 71.3. The molecule has 0 saturated carbocycles. The van der Waals surface area contributed by atoms with E-state index in [4.69, 9.17) is 28.2 Å². The fraction of sp³-hybridized carbons (Fsp3) is 0.0574. The van der Waals surface area contributed by atoms with Crippen LogP contribution in [0.3, 0.4) is 0 Å². The van der Waals surface area contributed by atoms with Gasteiger partial charge in [0, 0.05) is 109 Å². The Morgan fingerprint density at radius 2 is 0.445 bits per heavy atom. The van der Waals surface area contributed by atoms with Crippen LogP contribution >= 0.6 is 0 Å². The van der Waals surface area contributed by atoms with Gasteiger partial charge in [0.1, 0.15) is 33.5 Å². The van der Waals surface area contributed by atoms with Gasteiger partial charge in [-0.05, 0) is 153 Å². The van der Waals surface area contributed by atoms with Gasteiger partial charge in [-0.2, -0.15) is 0 Å². The summed E-state index contributed by atoms with van der Waals surface area (Å²) in [7, 11) is 0. The lowest BCUT2D eigenvalue weighted by Crippen LogP contribution is -2.10. The minimum absolute atomic E-state index is 0.00921. The molecule has 0 aliphatic rings. The number of aromatic nitrogens is 3. The molecule has 0 N–H and O–H groups in total. The average Bonchev–Trinajstić information content (AvgIpc) is 0.826. The average molecular weight is 1640 g/mol. The maximum absolute atomic E-state index is 6.85. The first-order chi connectivity index (χ1) is 63.0. The normalized spacial score (nSPS) is 12.0. The predicted molar refractivity (Wildman–Crippen MR) is 540 cm³/mol. The molecular weight excluding hydrogens is 1560 g/mol. The van der Waals surface area contributed by atoms with E-state index in [0.717, 1.165) is 144 Å². The molecular formula is C122H83N3O3. The van der Waals surface area contributed by atoms with Crippen molar-refractivity contribution < 1.29 is 13.3 Å². The lowest BCUT2D eigenvalue weighted by molar-refractivity contribution is 0.573. The van der Waals surface area contributed by atoms with E-state index in [2.05, 4.69) is 441 Å². The van der Waals surface area contributed by atoms with E-state index in [-0.39, 0.29) is 5.41 Å². The topological polar surface area (TPSA) is 78.1 Å². The zero-order valence-corrected chi connectivity index (χ0v) is 71.3. The molecule has 604 valence electrons. The monoisotopic (exact) mass is 1640 g/mol. The van der Waals surface area contributed by atoms with E-state index < -0.39 is 0 Å². The summed E-state index contributed by atoms with van der Waals surface area (Å²) in [5.74, 6) is 0.392. The number of para-hydroxylation sites is 6. The first-order valence-corrected chi connectivity index (χ1v) is 44.2. The highest BCUT2D eigenvalue weighted by molar-refractivity contribution is 6.28. The van der Waals surface area contributed by atoms with Crippen LogP contribution in [0.25, 0.3) is 252 Å². The second kappa shape index (κ2) is 30.4. The van der Waals surface area contributed by atoms with Crippen LogP contribution in [-0.4, -0.2) is 15.0 Å². The van der Waals surface area contributed by atoms with E-state index in [9.17, 15) is 0 Å². The molecule has 0 atom stereocenters. The zero-order chi connectivity index (χ0) is 85.4. The molecule has 6 nitrogen and oxygen atoms in total. The van der Waals surface area contributed by atoms with Gasteiger partial charge >= 0.3 is 0 Å². The van der Waals surface area contributed by atoms with Crippen molar-refractivity contribution in [2.24, 2.45) is 0 Å². The van der Waals surface area contributed by atoms with E-state index in [0.29, 0.717) is 5.92 Å². The maximum atomic E-state index is 6.85. The van der Waals surface area contributed by atoms with Crippen LogP contribution in [0.15, 0.2) is 420 Å². The Kier molecular flexibility index (Phi) is 17.9. The van der Waals surface area contributed by atoms with E-state index in [1.807, 2.05) is 0 Å². The standard InChI is InChI=1S/C45H27NO.C39H29NO.C38H27NO/c1-2-15-31-28(11-1)12-8-21-33(31)39-22-10-24-41-40-23-9-20-32(44(40)47-45(39)41)29-13-7-14-30(27-29)42-26-25-38-36-18-4-3-16-34(36)35-17-5-6-19-37(35)43(38)46-42;1-39(2,3)34-20-10-19-33-32-18-9-17-26(37(32)41-38(33)34)24-11-8-12-25(23-24)35-22-21-31-29-15-5-4-13-27(29)28-14-6-7-16-30(28)36(31)40-35;1-23(2)26-16-8-18-33-34-19-9-17-27(38(34)40-37(26)33)24-10-7-11-25(22-24)35-21-20-32-30-14-4-3-12-28(30)29-13-5-6-15-31(29)36(32)39-35/h1-27H;4-23H,1-3H3;3-23H,1-2H3. The van der Waals surface area contributed by atoms with Crippen molar-refractivity contribution in [1.82, 2.24) is 15.0 Å². The highest BCUT2D eigenvalue weighted by atomic mass is 16.3. The summed E-state index contributed by atoms with van der Waals surface area (Å²) in [4.78, 5) is 15.8. The van der Waals surface area contributed by atoms with Crippen molar-refractivity contribution in [2.75, 3.05) is 0 Å². The molecule has 0 unspecified atom stereocenters. The molecule has 0 spiro atoms. The summed E-state index contributed by atoms with van der Waals surface area (Å²) in [6.07, 6.45) is 0. The second-order valence-electron chi connectivity index (χ2n) is 35.2. The van der Waals surface area contributed by atoms with Gasteiger partial charge in [-0.25, -0.2) is 15.0 Å². The number of nitrogens with zero attached hydrogens (tertiary/aromatic N) is 3. The molecule has 6 heteroatoms. The Labute approximate surface area is 738 Å². The Balaban J connectivity index is 0.000000107. The van der Waals surface area contributed by atoms with Crippen LogP contribution in [-0.2, 0) is 5.41 Å². The number of pyridine rings is 3. The van der Waals surface area contributed by atoms with E-state index >= 15 is 0 Å². The summed E-state index contributed by atoms with van der Waals surface area (Å²) in [6.45, 7) is 11.1. The highest BCUT2D eigenvalue weighted by Crippen LogP contribution is 2.48. The minimum Gasteiger partial charge on any atom is -0.455 e. The van der Waals surface area contributed by atoms with Crippen LogP contribution in [0.2, 0.25) is 0 Å². The molecule has 26 rings (SSSR count). The van der Waals surface area contributed by atoms with Gasteiger partial charge in [0.15, 0.2) is 0 Å². The van der Waals surface area contributed by atoms with Crippen molar-refractivity contribution in [3.63, 3.8) is 0 Å². The van der Waals surface area contributed by atoms with Crippen LogP contribution in [0.1, 0.15) is 51.7 Å². The number of hydrogen-bond donors (Lipinski definition) is 0. The quantitative estimate of drug-likeness (QED) is 0.141. The van der Waals surface area contributed by atoms with Gasteiger partial charge in [-0.15, -0.1) is 0 Å². The van der Waals surface area contributed by atoms with Crippen LogP contribution in [0, 0.1) is 0 Å². The molecule has 0 aliphatic carbocycles.